The molecule has 0 saturated carbocycles. The molecular weight excluding hydrogens is 281 g/mol. The second kappa shape index (κ2) is 4.09. The van der Waals surface area contributed by atoms with Crippen LogP contribution < -0.4 is 0 Å². The van der Waals surface area contributed by atoms with Gasteiger partial charge >= 0.3 is 6.18 Å². The Morgan fingerprint density at radius 1 is 1.00 bits per heavy atom. The van der Waals surface area contributed by atoms with E-state index in [9.17, 15) is 13.2 Å². The second-order valence-corrected chi connectivity index (χ2v) is 4.47. The van der Waals surface area contributed by atoms with Gasteiger partial charge in [-0.1, -0.05) is 52.4 Å². The summed E-state index contributed by atoms with van der Waals surface area (Å²) in [5.74, 6) is 0. The molecule has 2 aliphatic rings. The molecule has 2 aliphatic carbocycles. The summed E-state index contributed by atoms with van der Waals surface area (Å²) < 4.78 is 37.3. The number of hydrogen-bond donors (Lipinski definition) is 0. The molecule has 0 aromatic heterocycles. The molecule has 0 amide bonds. The van der Waals surface area contributed by atoms with Crippen molar-refractivity contribution in [1.82, 2.24) is 0 Å². The normalized spacial score (nSPS) is 24.2. The van der Waals surface area contributed by atoms with Crippen LogP contribution in [-0.2, 0) is 0 Å². The van der Waals surface area contributed by atoms with Gasteiger partial charge in [-0.25, -0.2) is 0 Å². The van der Waals surface area contributed by atoms with Crippen molar-refractivity contribution < 1.29 is 13.2 Å². The van der Waals surface area contributed by atoms with Crippen molar-refractivity contribution in [2.24, 2.45) is 0 Å². The number of hydrogen-bond acceptors (Lipinski definition) is 0. The van der Waals surface area contributed by atoms with Gasteiger partial charge < -0.3 is 0 Å². The van der Waals surface area contributed by atoms with E-state index in [0.29, 0.717) is 0 Å². The molecule has 0 spiro atoms. The minimum Gasteiger partial charge on any atom is -0.166 e. The molecule has 0 radical (unpaired) electrons. The molecule has 0 fully saturated rings. The molecule has 1 atom stereocenters. The van der Waals surface area contributed by atoms with E-state index in [0.717, 1.165) is 17.2 Å². The third-order valence-corrected chi connectivity index (χ3v) is 3.15. The molecule has 2 rings (SSSR count). The van der Waals surface area contributed by atoms with E-state index in [2.05, 4.69) is 15.9 Å². The van der Waals surface area contributed by atoms with Gasteiger partial charge in [-0.2, -0.15) is 13.2 Å². The van der Waals surface area contributed by atoms with Crippen molar-refractivity contribution in [2.45, 2.75) is 11.0 Å². The number of alkyl halides is 4. The molecule has 0 bridgehead atoms. The van der Waals surface area contributed by atoms with Gasteiger partial charge in [-0.15, -0.1) is 0 Å². The lowest BCUT2D eigenvalue weighted by Crippen LogP contribution is -2.15. The monoisotopic (exact) mass is 288 g/mol. The summed E-state index contributed by atoms with van der Waals surface area (Å²) in [7, 11) is 0. The smallest absolute Gasteiger partial charge is 0.166 e. The molecule has 0 aromatic carbocycles. The van der Waals surface area contributed by atoms with Gasteiger partial charge in [0.25, 0.3) is 0 Å². The summed E-state index contributed by atoms with van der Waals surface area (Å²) >= 11 is 3.24. The van der Waals surface area contributed by atoms with Gasteiger partial charge in [0.2, 0.25) is 0 Å². The topological polar surface area (TPSA) is 0 Å². The van der Waals surface area contributed by atoms with E-state index in [-0.39, 0.29) is 0 Å². The first-order chi connectivity index (χ1) is 7.48. The highest BCUT2D eigenvalue weighted by atomic mass is 79.9. The van der Waals surface area contributed by atoms with Crippen LogP contribution in [0.3, 0.4) is 0 Å². The van der Waals surface area contributed by atoms with Gasteiger partial charge in [-0.3, -0.25) is 0 Å². The van der Waals surface area contributed by atoms with Crippen LogP contribution >= 0.6 is 15.9 Å². The van der Waals surface area contributed by atoms with Crippen LogP contribution in [0.25, 0.3) is 0 Å². The minimum atomic E-state index is -4.28. The zero-order valence-corrected chi connectivity index (χ0v) is 9.72. The standard InChI is InChI=1S/C12H8BrF3/c13-11-7-9(12(14,15)16)5-6-10(11)8-3-1-2-4-8/h1-7,11H. The van der Waals surface area contributed by atoms with Crippen LogP contribution in [-0.4, -0.2) is 11.0 Å². The fourth-order valence-corrected chi connectivity index (χ4v) is 2.29. The maximum Gasteiger partial charge on any atom is 0.416 e. The fourth-order valence-electron chi connectivity index (χ4n) is 1.59. The summed E-state index contributed by atoms with van der Waals surface area (Å²) in [5.41, 5.74) is 1.18. The van der Waals surface area contributed by atoms with E-state index >= 15 is 0 Å². The van der Waals surface area contributed by atoms with Gasteiger partial charge in [-0.05, 0) is 17.2 Å². The molecule has 16 heavy (non-hydrogen) atoms. The van der Waals surface area contributed by atoms with Crippen LogP contribution in [0, 0.1) is 0 Å². The summed E-state index contributed by atoms with van der Waals surface area (Å²) in [4.78, 5) is -0.392. The van der Waals surface area contributed by atoms with E-state index < -0.39 is 16.6 Å². The summed E-state index contributed by atoms with van der Waals surface area (Å²) in [5, 5.41) is 0. The van der Waals surface area contributed by atoms with Crippen molar-refractivity contribution in [3.8, 4) is 0 Å². The predicted molar refractivity (Wildman–Crippen MR) is 61.3 cm³/mol. The van der Waals surface area contributed by atoms with Crippen molar-refractivity contribution in [1.29, 1.82) is 0 Å². The molecular formula is C12H8BrF3. The lowest BCUT2D eigenvalue weighted by atomic mass is 9.98. The first-order valence-electron chi connectivity index (χ1n) is 4.68. The maximum atomic E-state index is 12.4. The quantitative estimate of drug-likeness (QED) is 0.585. The molecule has 4 heteroatoms. The Morgan fingerprint density at radius 2 is 1.62 bits per heavy atom. The number of rotatable bonds is 0. The van der Waals surface area contributed by atoms with E-state index in [1.54, 1.807) is 0 Å². The molecule has 0 heterocycles. The molecule has 0 nitrogen and oxygen atoms in total. The highest BCUT2D eigenvalue weighted by Gasteiger charge is 2.34. The molecule has 0 aliphatic heterocycles. The third kappa shape index (κ3) is 2.21. The highest BCUT2D eigenvalue weighted by molar-refractivity contribution is 9.09. The Balaban J connectivity index is 2.32. The van der Waals surface area contributed by atoms with E-state index in [4.69, 9.17) is 0 Å². The maximum absolute atomic E-state index is 12.4. The van der Waals surface area contributed by atoms with Gasteiger partial charge in [0.05, 0.1) is 10.4 Å². The van der Waals surface area contributed by atoms with Crippen molar-refractivity contribution >= 4 is 15.9 Å². The summed E-state index contributed by atoms with van der Waals surface area (Å²) in [6.45, 7) is 0. The van der Waals surface area contributed by atoms with Crippen LogP contribution in [0.2, 0.25) is 0 Å². The lowest BCUT2D eigenvalue weighted by Gasteiger charge is -2.17. The fraction of sp³-hybridized carbons (Fsp3) is 0.167. The van der Waals surface area contributed by atoms with Gasteiger partial charge in [0.1, 0.15) is 0 Å². The Labute approximate surface area is 99.7 Å². The third-order valence-electron chi connectivity index (χ3n) is 2.39. The molecule has 0 saturated heterocycles. The highest BCUT2D eigenvalue weighted by Crippen LogP contribution is 2.34. The van der Waals surface area contributed by atoms with Crippen LogP contribution in [0.4, 0.5) is 13.2 Å². The molecule has 0 N–H and O–H groups in total. The molecule has 0 aromatic rings. The Bertz CT molecular complexity index is 433. The molecule has 84 valence electrons. The average Bonchev–Trinajstić information content (AvgIpc) is 2.69. The van der Waals surface area contributed by atoms with E-state index in [1.807, 2.05) is 24.3 Å². The Hall–Kier alpha value is -1.03. The Kier molecular flexibility index (Phi) is 2.93. The molecule has 1 unspecified atom stereocenters. The average molecular weight is 289 g/mol. The SMILES string of the molecule is FC(F)(F)C1=CC(Br)C(=C2C=CC=C2)C=C1. The van der Waals surface area contributed by atoms with Crippen LogP contribution in [0.5, 0.6) is 0 Å². The first kappa shape index (κ1) is 11.5. The van der Waals surface area contributed by atoms with E-state index in [1.165, 1.54) is 12.2 Å². The zero-order valence-electron chi connectivity index (χ0n) is 8.13. The number of halogens is 4. The van der Waals surface area contributed by atoms with Crippen molar-refractivity contribution in [3.05, 3.63) is 59.3 Å². The zero-order chi connectivity index (χ0) is 11.8. The largest absolute Gasteiger partial charge is 0.416 e. The van der Waals surface area contributed by atoms with Crippen molar-refractivity contribution in [2.75, 3.05) is 0 Å². The summed E-state index contributed by atoms with van der Waals surface area (Å²) in [6.07, 6.45) is 7.00. The lowest BCUT2D eigenvalue weighted by molar-refractivity contribution is -0.0884. The Morgan fingerprint density at radius 3 is 2.12 bits per heavy atom. The number of allylic oxidation sites excluding steroid dienone is 10. The predicted octanol–water partition coefficient (Wildman–Crippen LogP) is 4.23. The van der Waals surface area contributed by atoms with Gasteiger partial charge in [0, 0.05) is 0 Å². The van der Waals surface area contributed by atoms with Gasteiger partial charge in [0.15, 0.2) is 0 Å². The summed E-state index contributed by atoms with van der Waals surface area (Å²) in [6, 6.07) is 0. The van der Waals surface area contributed by atoms with Crippen LogP contribution in [0.15, 0.2) is 59.3 Å². The first-order valence-corrected chi connectivity index (χ1v) is 5.60. The minimum absolute atomic E-state index is 0.392. The second-order valence-electron chi connectivity index (χ2n) is 3.48. The van der Waals surface area contributed by atoms with Crippen molar-refractivity contribution in [3.63, 3.8) is 0 Å². The van der Waals surface area contributed by atoms with Crippen LogP contribution in [0.1, 0.15) is 0 Å².